The van der Waals surface area contributed by atoms with Crippen molar-refractivity contribution in [2.45, 2.75) is 26.4 Å². The molecule has 0 aliphatic carbocycles. The standard InChI is InChI=1S/C10H16N2O2S/c1-7(2)3-8(13)4-11-10(14)9-5-15-6-12-9/h5-8,13H,3-4H2,1-2H3,(H,11,14). The zero-order valence-corrected chi connectivity index (χ0v) is 9.75. The van der Waals surface area contributed by atoms with Crippen molar-refractivity contribution in [3.05, 3.63) is 16.6 Å². The molecule has 15 heavy (non-hydrogen) atoms. The summed E-state index contributed by atoms with van der Waals surface area (Å²) in [5.74, 6) is 0.204. The van der Waals surface area contributed by atoms with Crippen molar-refractivity contribution in [1.82, 2.24) is 10.3 Å². The number of rotatable bonds is 5. The van der Waals surface area contributed by atoms with Crippen molar-refractivity contribution in [1.29, 1.82) is 0 Å². The van der Waals surface area contributed by atoms with E-state index >= 15 is 0 Å². The molecule has 4 nitrogen and oxygen atoms in total. The number of hydrogen-bond donors (Lipinski definition) is 2. The zero-order chi connectivity index (χ0) is 11.3. The summed E-state index contributed by atoms with van der Waals surface area (Å²) >= 11 is 1.38. The van der Waals surface area contributed by atoms with Crippen LogP contribution in [0.3, 0.4) is 0 Å². The van der Waals surface area contributed by atoms with Crippen LogP contribution >= 0.6 is 11.3 Å². The molecule has 0 aliphatic rings. The Morgan fingerprint density at radius 3 is 2.93 bits per heavy atom. The number of thiazole rings is 1. The molecule has 1 rings (SSSR count). The number of amides is 1. The second kappa shape index (κ2) is 5.82. The van der Waals surface area contributed by atoms with Gasteiger partial charge in [0.2, 0.25) is 0 Å². The molecular formula is C10H16N2O2S. The van der Waals surface area contributed by atoms with Crippen molar-refractivity contribution >= 4 is 17.2 Å². The van der Waals surface area contributed by atoms with Crippen LogP contribution in [0.5, 0.6) is 0 Å². The Hall–Kier alpha value is -0.940. The summed E-state index contributed by atoms with van der Waals surface area (Å²) in [6.07, 6.45) is 0.213. The molecule has 0 aliphatic heterocycles. The van der Waals surface area contributed by atoms with Crippen LogP contribution in [0.1, 0.15) is 30.8 Å². The fourth-order valence-corrected chi connectivity index (χ4v) is 1.79. The number of aromatic nitrogens is 1. The molecule has 2 N–H and O–H groups in total. The van der Waals surface area contributed by atoms with E-state index in [2.05, 4.69) is 10.3 Å². The molecule has 1 unspecified atom stereocenters. The maximum absolute atomic E-state index is 11.4. The minimum absolute atomic E-state index is 0.223. The number of aliphatic hydroxyl groups is 1. The number of aliphatic hydroxyl groups excluding tert-OH is 1. The van der Waals surface area contributed by atoms with E-state index < -0.39 is 6.10 Å². The van der Waals surface area contributed by atoms with Crippen molar-refractivity contribution in [3.8, 4) is 0 Å². The number of carbonyl (C=O) groups excluding carboxylic acids is 1. The fourth-order valence-electron chi connectivity index (χ4n) is 1.25. The van der Waals surface area contributed by atoms with Crippen molar-refractivity contribution in [3.63, 3.8) is 0 Å². The van der Waals surface area contributed by atoms with E-state index in [-0.39, 0.29) is 12.5 Å². The summed E-state index contributed by atoms with van der Waals surface area (Å²) in [6, 6.07) is 0. The molecule has 0 bridgehead atoms. The second-order valence-corrected chi connectivity index (χ2v) is 4.59. The van der Waals surface area contributed by atoms with Gasteiger partial charge in [-0.1, -0.05) is 13.8 Å². The SMILES string of the molecule is CC(C)CC(O)CNC(=O)c1cscn1. The average Bonchev–Trinajstić information content (AvgIpc) is 2.65. The maximum atomic E-state index is 11.4. The lowest BCUT2D eigenvalue weighted by Gasteiger charge is -2.13. The number of nitrogens with zero attached hydrogens (tertiary/aromatic N) is 1. The molecular weight excluding hydrogens is 212 g/mol. The van der Waals surface area contributed by atoms with E-state index in [1.165, 1.54) is 11.3 Å². The minimum atomic E-state index is -0.479. The summed E-state index contributed by atoms with van der Waals surface area (Å²) < 4.78 is 0. The van der Waals surface area contributed by atoms with Gasteiger partial charge in [0.05, 0.1) is 11.6 Å². The first-order valence-electron chi connectivity index (χ1n) is 4.94. The number of hydrogen-bond acceptors (Lipinski definition) is 4. The monoisotopic (exact) mass is 228 g/mol. The molecule has 0 saturated carbocycles. The Morgan fingerprint density at radius 2 is 2.40 bits per heavy atom. The van der Waals surface area contributed by atoms with Gasteiger partial charge in [-0.3, -0.25) is 4.79 Å². The predicted octanol–water partition coefficient (Wildman–Crippen LogP) is 1.28. The second-order valence-electron chi connectivity index (χ2n) is 3.87. The summed E-state index contributed by atoms with van der Waals surface area (Å²) in [7, 11) is 0. The maximum Gasteiger partial charge on any atom is 0.270 e. The largest absolute Gasteiger partial charge is 0.391 e. The Morgan fingerprint density at radius 1 is 1.67 bits per heavy atom. The fraction of sp³-hybridized carbons (Fsp3) is 0.600. The van der Waals surface area contributed by atoms with Crippen LogP contribution in [-0.2, 0) is 0 Å². The predicted molar refractivity (Wildman–Crippen MR) is 59.9 cm³/mol. The van der Waals surface area contributed by atoms with Gasteiger partial charge in [0.15, 0.2) is 0 Å². The third kappa shape index (κ3) is 4.40. The third-order valence-corrected chi connectivity index (χ3v) is 2.49. The van der Waals surface area contributed by atoms with Crippen LogP contribution in [0.2, 0.25) is 0 Å². The molecule has 1 amide bonds. The van der Waals surface area contributed by atoms with Crippen molar-refractivity contribution < 1.29 is 9.90 Å². The summed E-state index contributed by atoms with van der Waals surface area (Å²) in [6.45, 7) is 4.35. The van der Waals surface area contributed by atoms with Crippen LogP contribution in [0.25, 0.3) is 0 Å². The number of carbonyl (C=O) groups is 1. The lowest BCUT2D eigenvalue weighted by atomic mass is 10.1. The van der Waals surface area contributed by atoms with Crippen LogP contribution in [0, 0.1) is 5.92 Å². The summed E-state index contributed by atoms with van der Waals surface area (Å²) in [4.78, 5) is 15.3. The Kier molecular flexibility index (Phi) is 4.71. The molecule has 0 spiro atoms. The molecule has 1 atom stereocenters. The van der Waals surface area contributed by atoms with E-state index in [0.29, 0.717) is 18.0 Å². The van der Waals surface area contributed by atoms with Crippen LogP contribution in [-0.4, -0.2) is 28.6 Å². The normalized spacial score (nSPS) is 12.8. The molecule has 0 saturated heterocycles. The average molecular weight is 228 g/mol. The molecule has 1 aromatic rings. The van der Waals surface area contributed by atoms with Gasteiger partial charge in [0.25, 0.3) is 5.91 Å². The van der Waals surface area contributed by atoms with Gasteiger partial charge in [0.1, 0.15) is 5.69 Å². The van der Waals surface area contributed by atoms with E-state index in [1.807, 2.05) is 13.8 Å². The van der Waals surface area contributed by atoms with E-state index in [0.717, 1.165) is 0 Å². The van der Waals surface area contributed by atoms with Crippen LogP contribution in [0.15, 0.2) is 10.9 Å². The highest BCUT2D eigenvalue weighted by Crippen LogP contribution is 2.04. The third-order valence-electron chi connectivity index (χ3n) is 1.91. The lowest BCUT2D eigenvalue weighted by molar-refractivity contribution is 0.0896. The van der Waals surface area contributed by atoms with Gasteiger partial charge in [-0.05, 0) is 12.3 Å². The Balaban J connectivity index is 2.28. The summed E-state index contributed by atoms with van der Waals surface area (Å²) in [5, 5.41) is 13.9. The van der Waals surface area contributed by atoms with Gasteiger partial charge in [0, 0.05) is 11.9 Å². The zero-order valence-electron chi connectivity index (χ0n) is 8.93. The van der Waals surface area contributed by atoms with E-state index in [1.54, 1.807) is 10.9 Å². The van der Waals surface area contributed by atoms with Gasteiger partial charge >= 0.3 is 0 Å². The molecule has 0 radical (unpaired) electrons. The van der Waals surface area contributed by atoms with Crippen LogP contribution in [0.4, 0.5) is 0 Å². The number of nitrogens with one attached hydrogen (secondary N) is 1. The van der Waals surface area contributed by atoms with Gasteiger partial charge in [-0.25, -0.2) is 4.98 Å². The van der Waals surface area contributed by atoms with Gasteiger partial charge in [-0.15, -0.1) is 11.3 Å². The van der Waals surface area contributed by atoms with E-state index in [9.17, 15) is 9.90 Å². The first-order valence-corrected chi connectivity index (χ1v) is 5.88. The molecule has 0 fully saturated rings. The highest BCUT2D eigenvalue weighted by Gasteiger charge is 2.11. The van der Waals surface area contributed by atoms with Crippen LogP contribution < -0.4 is 5.32 Å². The highest BCUT2D eigenvalue weighted by atomic mass is 32.1. The Bertz CT molecular complexity index is 298. The molecule has 1 heterocycles. The van der Waals surface area contributed by atoms with Crippen molar-refractivity contribution in [2.75, 3.05) is 6.54 Å². The topological polar surface area (TPSA) is 62.2 Å². The first kappa shape index (κ1) is 12.1. The van der Waals surface area contributed by atoms with Gasteiger partial charge < -0.3 is 10.4 Å². The highest BCUT2D eigenvalue weighted by molar-refractivity contribution is 7.07. The molecule has 84 valence electrons. The lowest BCUT2D eigenvalue weighted by Crippen LogP contribution is -2.32. The molecule has 0 aromatic carbocycles. The Labute approximate surface area is 93.4 Å². The minimum Gasteiger partial charge on any atom is -0.391 e. The molecule has 5 heteroatoms. The summed E-state index contributed by atoms with van der Waals surface area (Å²) in [5.41, 5.74) is 2.02. The van der Waals surface area contributed by atoms with E-state index in [4.69, 9.17) is 0 Å². The molecule has 1 aromatic heterocycles. The first-order chi connectivity index (χ1) is 7.09. The van der Waals surface area contributed by atoms with Gasteiger partial charge in [-0.2, -0.15) is 0 Å². The smallest absolute Gasteiger partial charge is 0.270 e. The quantitative estimate of drug-likeness (QED) is 0.798. The van der Waals surface area contributed by atoms with Crippen molar-refractivity contribution in [2.24, 2.45) is 5.92 Å².